The predicted molar refractivity (Wildman–Crippen MR) is 27.9 cm³/mol. The highest BCUT2D eigenvalue weighted by atomic mass is 31.1. The van der Waals surface area contributed by atoms with Crippen LogP contribution in [0, 0.1) is 0 Å². The summed E-state index contributed by atoms with van der Waals surface area (Å²) in [5.41, 5.74) is 0. The molecule has 0 atom stereocenters. The number of nitrogens with two attached hydrogens (primary N) is 1. The SMILES string of the molecule is CCON.O=[P+](O)O. The first-order chi connectivity index (χ1) is 3.65. The van der Waals surface area contributed by atoms with Gasteiger partial charge in [0, 0.05) is 4.57 Å². The van der Waals surface area contributed by atoms with Crippen LogP contribution >= 0.6 is 8.25 Å². The van der Waals surface area contributed by atoms with Gasteiger partial charge in [-0.25, -0.2) is 5.90 Å². The maximum absolute atomic E-state index is 8.70. The third kappa shape index (κ3) is 164. The third-order valence-electron chi connectivity index (χ3n) is 0.167. The van der Waals surface area contributed by atoms with E-state index in [1.54, 1.807) is 0 Å². The standard InChI is InChI=1S/C2H7NO.HO3P/c1-2-4-3;1-4(2)3/h2-3H2,1H3;(H-,1,2,3)/p+1. The van der Waals surface area contributed by atoms with Gasteiger partial charge in [-0.3, -0.25) is 0 Å². The molecule has 6 heteroatoms. The monoisotopic (exact) mass is 142 g/mol. The van der Waals surface area contributed by atoms with Gasteiger partial charge in [-0.1, -0.05) is 0 Å². The van der Waals surface area contributed by atoms with E-state index >= 15 is 0 Å². The van der Waals surface area contributed by atoms with E-state index in [9.17, 15) is 0 Å². The Morgan fingerprint density at radius 1 is 1.75 bits per heavy atom. The average molecular weight is 142 g/mol. The van der Waals surface area contributed by atoms with E-state index < -0.39 is 8.25 Å². The Morgan fingerprint density at radius 3 is 1.88 bits per heavy atom. The van der Waals surface area contributed by atoms with Gasteiger partial charge in [0.1, 0.15) is 0 Å². The Labute approximate surface area is 48.0 Å². The molecule has 0 aliphatic carbocycles. The van der Waals surface area contributed by atoms with Crippen LogP contribution in [-0.4, -0.2) is 16.4 Å². The van der Waals surface area contributed by atoms with Crippen LogP contribution < -0.4 is 5.90 Å². The molecule has 0 unspecified atom stereocenters. The van der Waals surface area contributed by atoms with Crippen LogP contribution in [0.3, 0.4) is 0 Å². The quantitative estimate of drug-likeness (QED) is 0.339. The summed E-state index contributed by atoms with van der Waals surface area (Å²) in [6.45, 7) is 2.43. The minimum atomic E-state index is -2.87. The molecule has 0 rings (SSSR count). The molecule has 0 fully saturated rings. The molecule has 0 aromatic carbocycles. The van der Waals surface area contributed by atoms with Crippen molar-refractivity contribution in [3.05, 3.63) is 0 Å². The lowest BCUT2D eigenvalue weighted by Gasteiger charge is -1.76. The summed E-state index contributed by atoms with van der Waals surface area (Å²) in [6, 6.07) is 0. The second-order valence-corrected chi connectivity index (χ2v) is 1.21. The highest BCUT2D eigenvalue weighted by molar-refractivity contribution is 7.30. The Morgan fingerprint density at radius 2 is 1.88 bits per heavy atom. The van der Waals surface area contributed by atoms with Crippen molar-refractivity contribution in [1.82, 2.24) is 0 Å². The van der Waals surface area contributed by atoms with Gasteiger partial charge in [-0.05, 0) is 6.92 Å². The van der Waals surface area contributed by atoms with Gasteiger partial charge in [-0.15, -0.1) is 9.79 Å². The van der Waals surface area contributed by atoms with E-state index in [0.717, 1.165) is 0 Å². The van der Waals surface area contributed by atoms with Crippen LogP contribution in [0.5, 0.6) is 0 Å². The van der Waals surface area contributed by atoms with Crippen molar-refractivity contribution in [2.75, 3.05) is 6.61 Å². The zero-order valence-electron chi connectivity index (χ0n) is 4.44. The molecule has 0 heterocycles. The second kappa shape index (κ2) is 10.0. The fraction of sp³-hybridized carbons (Fsp3) is 1.00. The Bertz CT molecular complexity index is 52.0. The number of rotatable bonds is 1. The first kappa shape index (κ1) is 10.8. The summed E-state index contributed by atoms with van der Waals surface area (Å²) in [5.74, 6) is 4.53. The van der Waals surface area contributed by atoms with Gasteiger partial charge in [0.15, 0.2) is 0 Å². The number of hydrogen-bond acceptors (Lipinski definition) is 3. The van der Waals surface area contributed by atoms with Gasteiger partial charge >= 0.3 is 8.25 Å². The maximum Gasteiger partial charge on any atom is 0.692 e. The van der Waals surface area contributed by atoms with Crippen LogP contribution in [-0.2, 0) is 9.40 Å². The van der Waals surface area contributed by atoms with Crippen LogP contribution in [0.1, 0.15) is 6.92 Å². The molecule has 0 amide bonds. The highest BCUT2D eigenvalue weighted by Crippen LogP contribution is 1.98. The van der Waals surface area contributed by atoms with Crippen molar-refractivity contribution in [2.45, 2.75) is 6.92 Å². The lowest BCUT2D eigenvalue weighted by Crippen LogP contribution is -1.94. The van der Waals surface area contributed by atoms with E-state index in [0.29, 0.717) is 6.61 Å². The summed E-state index contributed by atoms with van der Waals surface area (Å²) in [7, 11) is -2.87. The summed E-state index contributed by atoms with van der Waals surface area (Å²) in [4.78, 5) is 18.3. The second-order valence-electron chi connectivity index (χ2n) is 0.708. The molecule has 0 aliphatic rings. The smallest absolute Gasteiger partial charge is 0.305 e. The molecule has 0 aliphatic heterocycles. The van der Waals surface area contributed by atoms with Crippen molar-refractivity contribution in [3.8, 4) is 0 Å². The fourth-order valence-corrected chi connectivity index (χ4v) is 0. The molecule has 0 saturated heterocycles. The lowest BCUT2D eigenvalue weighted by molar-refractivity contribution is 0.152. The molecule has 0 bridgehead atoms. The minimum absolute atomic E-state index is 0.597. The van der Waals surface area contributed by atoms with Gasteiger partial charge in [-0.2, -0.15) is 0 Å². The first-order valence-electron chi connectivity index (χ1n) is 1.81. The van der Waals surface area contributed by atoms with E-state index in [1.165, 1.54) is 0 Å². The first-order valence-corrected chi connectivity index (χ1v) is 2.98. The van der Waals surface area contributed by atoms with Gasteiger partial charge in [0.25, 0.3) is 0 Å². The summed E-state index contributed by atoms with van der Waals surface area (Å²) >= 11 is 0. The van der Waals surface area contributed by atoms with Crippen molar-refractivity contribution in [2.24, 2.45) is 5.90 Å². The van der Waals surface area contributed by atoms with Crippen LogP contribution in [0.15, 0.2) is 0 Å². The molecule has 8 heavy (non-hydrogen) atoms. The van der Waals surface area contributed by atoms with Crippen LogP contribution in [0.4, 0.5) is 0 Å². The zero-order valence-corrected chi connectivity index (χ0v) is 5.34. The molecule has 0 spiro atoms. The van der Waals surface area contributed by atoms with Crippen LogP contribution in [0.25, 0.3) is 0 Å². The molecule has 0 aromatic heterocycles. The largest absolute Gasteiger partial charge is 0.692 e. The number of hydrogen-bond donors (Lipinski definition) is 3. The van der Waals surface area contributed by atoms with E-state index in [2.05, 4.69) is 10.7 Å². The fourth-order valence-electron chi connectivity index (χ4n) is 0. The molecular weight excluding hydrogens is 133 g/mol. The van der Waals surface area contributed by atoms with E-state index in [-0.39, 0.29) is 0 Å². The zero-order chi connectivity index (χ0) is 6.99. The minimum Gasteiger partial charge on any atom is -0.305 e. The van der Waals surface area contributed by atoms with E-state index in [1.807, 2.05) is 6.92 Å². The maximum atomic E-state index is 8.70. The van der Waals surface area contributed by atoms with Crippen molar-refractivity contribution < 1.29 is 19.2 Å². The third-order valence-corrected chi connectivity index (χ3v) is 0.167. The molecular formula is C2H9NO4P+. The van der Waals surface area contributed by atoms with Crippen LogP contribution in [0.2, 0.25) is 0 Å². The lowest BCUT2D eigenvalue weighted by atomic mass is 10.9. The highest BCUT2D eigenvalue weighted by Gasteiger charge is 1.93. The van der Waals surface area contributed by atoms with Gasteiger partial charge in [0.2, 0.25) is 0 Å². The van der Waals surface area contributed by atoms with Gasteiger partial charge in [0.05, 0.1) is 6.61 Å². The van der Waals surface area contributed by atoms with Crippen molar-refractivity contribution in [1.29, 1.82) is 0 Å². The van der Waals surface area contributed by atoms with Crippen molar-refractivity contribution in [3.63, 3.8) is 0 Å². The predicted octanol–water partition coefficient (Wildman–Crippen LogP) is -0.475. The molecule has 4 N–H and O–H groups in total. The Hall–Kier alpha value is -0.0600. The Kier molecular flexibility index (Phi) is 13.6. The molecule has 5 nitrogen and oxygen atoms in total. The van der Waals surface area contributed by atoms with Crippen molar-refractivity contribution >= 4 is 8.25 Å². The summed E-state index contributed by atoms with van der Waals surface area (Å²) in [5, 5.41) is 0. The topological polar surface area (TPSA) is 92.8 Å². The Balaban J connectivity index is 0. The average Bonchev–Trinajstić information content (AvgIpc) is 1.65. The molecule has 50 valence electrons. The molecule has 0 radical (unpaired) electrons. The van der Waals surface area contributed by atoms with E-state index in [4.69, 9.17) is 14.4 Å². The molecule has 0 aromatic rings. The normalized spacial score (nSPS) is 7.00. The van der Waals surface area contributed by atoms with Gasteiger partial charge < -0.3 is 4.84 Å². The molecule has 0 saturated carbocycles. The summed E-state index contributed by atoms with van der Waals surface area (Å²) < 4.78 is 8.70. The summed E-state index contributed by atoms with van der Waals surface area (Å²) in [6.07, 6.45) is 0.